The van der Waals surface area contributed by atoms with Crippen molar-refractivity contribution in [3.63, 3.8) is 0 Å². The molecule has 0 saturated heterocycles. The molecule has 0 saturated carbocycles. The molecule has 1 aliphatic heterocycles. The molecule has 0 aromatic heterocycles. The third-order valence-electron chi connectivity index (χ3n) is 3.46. The van der Waals surface area contributed by atoms with Crippen LogP contribution in [-0.2, 0) is 10.4 Å². The number of carbonyl (C=O) groups excluding carboxylic acids is 1. The molecular formula is C16H15NO3. The first-order valence-electron chi connectivity index (χ1n) is 6.53. The number of carbonyl (C=O) groups is 1. The molecule has 0 bridgehead atoms. The van der Waals surface area contributed by atoms with Crippen LogP contribution in [0, 0.1) is 0 Å². The van der Waals surface area contributed by atoms with Crippen molar-refractivity contribution in [2.45, 2.75) is 12.5 Å². The molecule has 1 unspecified atom stereocenters. The number of benzene rings is 2. The highest BCUT2D eigenvalue weighted by molar-refractivity contribution is 6.07. The molecule has 1 amide bonds. The van der Waals surface area contributed by atoms with E-state index in [0.717, 1.165) is 0 Å². The zero-order valence-corrected chi connectivity index (χ0v) is 11.1. The fraction of sp³-hybridized carbons (Fsp3) is 0.188. The SMILES string of the molecule is CCOc1cccc(C2(O)C(=O)Nc3ccccc32)c1. The van der Waals surface area contributed by atoms with Crippen molar-refractivity contribution in [3.8, 4) is 5.75 Å². The molecule has 20 heavy (non-hydrogen) atoms. The summed E-state index contributed by atoms with van der Waals surface area (Å²) in [7, 11) is 0. The lowest BCUT2D eigenvalue weighted by Gasteiger charge is -2.22. The number of fused-ring (bicyclic) bond motifs is 1. The van der Waals surface area contributed by atoms with Gasteiger partial charge in [0.2, 0.25) is 0 Å². The van der Waals surface area contributed by atoms with E-state index < -0.39 is 11.5 Å². The van der Waals surface area contributed by atoms with Crippen LogP contribution < -0.4 is 10.1 Å². The van der Waals surface area contributed by atoms with Gasteiger partial charge in [-0.25, -0.2) is 0 Å². The van der Waals surface area contributed by atoms with E-state index in [1.54, 1.807) is 42.5 Å². The third kappa shape index (κ3) is 1.77. The van der Waals surface area contributed by atoms with Crippen molar-refractivity contribution in [3.05, 3.63) is 59.7 Å². The number of hydrogen-bond acceptors (Lipinski definition) is 3. The van der Waals surface area contributed by atoms with E-state index in [2.05, 4.69) is 5.32 Å². The van der Waals surface area contributed by atoms with Gasteiger partial charge < -0.3 is 15.2 Å². The minimum atomic E-state index is -1.66. The largest absolute Gasteiger partial charge is 0.494 e. The maximum absolute atomic E-state index is 12.2. The summed E-state index contributed by atoms with van der Waals surface area (Å²) >= 11 is 0. The van der Waals surface area contributed by atoms with Crippen LogP contribution in [0.4, 0.5) is 5.69 Å². The van der Waals surface area contributed by atoms with E-state index in [0.29, 0.717) is 29.2 Å². The van der Waals surface area contributed by atoms with Crippen LogP contribution in [0.15, 0.2) is 48.5 Å². The molecule has 0 spiro atoms. The van der Waals surface area contributed by atoms with Crippen LogP contribution in [0.5, 0.6) is 5.75 Å². The smallest absolute Gasteiger partial charge is 0.265 e. The fourth-order valence-corrected chi connectivity index (χ4v) is 2.51. The van der Waals surface area contributed by atoms with E-state index in [-0.39, 0.29) is 0 Å². The van der Waals surface area contributed by atoms with E-state index in [4.69, 9.17) is 4.74 Å². The second kappa shape index (κ2) is 4.65. The van der Waals surface area contributed by atoms with Crippen molar-refractivity contribution in [1.29, 1.82) is 0 Å². The summed E-state index contributed by atoms with van der Waals surface area (Å²) in [5.41, 5.74) is 0.0512. The molecule has 0 aliphatic carbocycles. The zero-order chi connectivity index (χ0) is 14.2. The lowest BCUT2D eigenvalue weighted by Crippen LogP contribution is -2.35. The van der Waals surface area contributed by atoms with Crippen LogP contribution in [0.3, 0.4) is 0 Å². The molecule has 1 heterocycles. The molecule has 1 aliphatic rings. The first kappa shape index (κ1) is 12.7. The minimum absolute atomic E-state index is 0.438. The Morgan fingerprint density at radius 2 is 2.00 bits per heavy atom. The Hall–Kier alpha value is -2.33. The van der Waals surface area contributed by atoms with Gasteiger partial charge in [-0.2, -0.15) is 0 Å². The number of hydrogen-bond donors (Lipinski definition) is 2. The van der Waals surface area contributed by atoms with Crippen molar-refractivity contribution < 1.29 is 14.6 Å². The van der Waals surface area contributed by atoms with Gasteiger partial charge in [0.25, 0.3) is 5.91 Å². The molecule has 0 radical (unpaired) electrons. The van der Waals surface area contributed by atoms with Crippen LogP contribution >= 0.6 is 0 Å². The normalized spacial score (nSPS) is 20.4. The number of nitrogens with one attached hydrogen (secondary N) is 1. The summed E-state index contributed by atoms with van der Waals surface area (Å²) in [6.45, 7) is 2.42. The standard InChI is InChI=1S/C16H15NO3/c1-2-20-12-7-5-6-11(10-12)16(19)13-8-3-4-9-14(13)17-15(16)18/h3-10,19H,2H2,1H3,(H,17,18). The van der Waals surface area contributed by atoms with Gasteiger partial charge in [-0.05, 0) is 25.1 Å². The molecular weight excluding hydrogens is 254 g/mol. The highest BCUT2D eigenvalue weighted by atomic mass is 16.5. The third-order valence-corrected chi connectivity index (χ3v) is 3.46. The second-order valence-corrected chi connectivity index (χ2v) is 4.67. The Balaban J connectivity index is 2.12. The first-order valence-corrected chi connectivity index (χ1v) is 6.53. The topological polar surface area (TPSA) is 58.6 Å². The van der Waals surface area contributed by atoms with E-state index in [9.17, 15) is 9.90 Å². The molecule has 102 valence electrons. The Bertz CT molecular complexity index is 668. The molecule has 1 atom stereocenters. The van der Waals surface area contributed by atoms with E-state index in [1.165, 1.54) is 0 Å². The van der Waals surface area contributed by atoms with Crippen LogP contribution in [0.25, 0.3) is 0 Å². The summed E-state index contributed by atoms with van der Waals surface area (Å²) in [5.74, 6) is 0.197. The molecule has 2 aromatic carbocycles. The van der Waals surface area contributed by atoms with Gasteiger partial charge in [-0.1, -0.05) is 30.3 Å². The first-order chi connectivity index (χ1) is 9.66. The average molecular weight is 269 g/mol. The van der Waals surface area contributed by atoms with Gasteiger partial charge in [0.1, 0.15) is 5.75 Å². The summed E-state index contributed by atoms with van der Waals surface area (Å²) in [5, 5.41) is 13.6. The lowest BCUT2D eigenvalue weighted by atomic mass is 9.87. The minimum Gasteiger partial charge on any atom is -0.494 e. The Kier molecular flexibility index (Phi) is 2.95. The van der Waals surface area contributed by atoms with Gasteiger partial charge in [0, 0.05) is 16.8 Å². The Morgan fingerprint density at radius 1 is 1.20 bits per heavy atom. The maximum atomic E-state index is 12.2. The summed E-state index contributed by atoms with van der Waals surface area (Å²) in [4.78, 5) is 12.2. The van der Waals surface area contributed by atoms with Gasteiger partial charge in [-0.3, -0.25) is 4.79 Å². The highest BCUT2D eigenvalue weighted by Crippen LogP contribution is 2.41. The fourth-order valence-electron chi connectivity index (χ4n) is 2.51. The summed E-state index contributed by atoms with van der Waals surface area (Å²) < 4.78 is 5.43. The van der Waals surface area contributed by atoms with Crippen molar-refractivity contribution in [2.24, 2.45) is 0 Å². The molecule has 4 heteroatoms. The van der Waals surface area contributed by atoms with Crippen molar-refractivity contribution >= 4 is 11.6 Å². The molecule has 0 fully saturated rings. The predicted octanol–water partition coefficient (Wildman–Crippen LogP) is 2.27. The Labute approximate surface area is 117 Å². The van der Waals surface area contributed by atoms with E-state index >= 15 is 0 Å². The number of amides is 1. The quantitative estimate of drug-likeness (QED) is 0.898. The number of para-hydroxylation sites is 1. The van der Waals surface area contributed by atoms with Crippen molar-refractivity contribution in [2.75, 3.05) is 11.9 Å². The maximum Gasteiger partial charge on any atom is 0.265 e. The van der Waals surface area contributed by atoms with Gasteiger partial charge in [-0.15, -0.1) is 0 Å². The number of anilines is 1. The van der Waals surface area contributed by atoms with Gasteiger partial charge in [0.15, 0.2) is 5.60 Å². The molecule has 2 N–H and O–H groups in total. The molecule has 4 nitrogen and oxygen atoms in total. The predicted molar refractivity (Wildman–Crippen MR) is 75.7 cm³/mol. The number of ether oxygens (including phenoxy) is 1. The van der Waals surface area contributed by atoms with Gasteiger partial charge >= 0.3 is 0 Å². The molecule has 2 aromatic rings. The number of rotatable bonds is 3. The molecule has 3 rings (SSSR count). The van der Waals surface area contributed by atoms with Gasteiger partial charge in [0.05, 0.1) is 6.61 Å². The summed E-state index contributed by atoms with van der Waals surface area (Å²) in [6, 6.07) is 14.1. The van der Waals surface area contributed by atoms with E-state index in [1.807, 2.05) is 13.0 Å². The highest BCUT2D eigenvalue weighted by Gasteiger charge is 2.46. The van der Waals surface area contributed by atoms with Crippen molar-refractivity contribution in [1.82, 2.24) is 0 Å². The Morgan fingerprint density at radius 3 is 2.80 bits per heavy atom. The zero-order valence-electron chi connectivity index (χ0n) is 11.1. The monoisotopic (exact) mass is 269 g/mol. The van der Waals surface area contributed by atoms with Crippen LogP contribution in [0.2, 0.25) is 0 Å². The lowest BCUT2D eigenvalue weighted by molar-refractivity contribution is -0.129. The summed E-state index contributed by atoms with van der Waals surface area (Å²) in [6.07, 6.45) is 0. The number of aliphatic hydroxyl groups is 1. The van der Waals surface area contributed by atoms with Crippen LogP contribution in [0.1, 0.15) is 18.1 Å². The van der Waals surface area contributed by atoms with Crippen LogP contribution in [-0.4, -0.2) is 17.6 Å². The second-order valence-electron chi connectivity index (χ2n) is 4.67. The average Bonchev–Trinajstić information content (AvgIpc) is 2.73.